The Kier molecular flexibility index (Phi) is 5.33. The van der Waals surface area contributed by atoms with Crippen LogP contribution in [-0.4, -0.2) is 28.8 Å². The molecular weight excluding hydrogens is 343 g/mol. The topological polar surface area (TPSA) is 63.4 Å². The fraction of sp³-hybridized carbons (Fsp3) is 0.278. The molecule has 0 N–H and O–H groups in total. The standard InChI is InChI=1S/C18H17FN2O3S/c19-15-6-2-1-5-14(15)12-25-17-8-7-13(11-16(17)21(23)24)18(22)20-9-3-4-10-20/h1-2,5-8,11H,3-4,9-10,12H2. The molecule has 5 nitrogen and oxygen atoms in total. The molecule has 1 amide bonds. The zero-order valence-electron chi connectivity index (χ0n) is 13.5. The highest BCUT2D eigenvalue weighted by molar-refractivity contribution is 7.98. The van der Waals surface area contributed by atoms with Gasteiger partial charge in [0, 0.05) is 30.5 Å². The van der Waals surface area contributed by atoms with Gasteiger partial charge in [-0.05, 0) is 36.6 Å². The van der Waals surface area contributed by atoms with Crippen molar-refractivity contribution in [2.45, 2.75) is 23.5 Å². The number of amides is 1. The van der Waals surface area contributed by atoms with Crippen LogP contribution in [0.3, 0.4) is 0 Å². The zero-order chi connectivity index (χ0) is 17.8. The maximum Gasteiger partial charge on any atom is 0.283 e. The summed E-state index contributed by atoms with van der Waals surface area (Å²) < 4.78 is 13.7. The first-order valence-electron chi connectivity index (χ1n) is 8.00. The Morgan fingerprint density at radius 3 is 2.60 bits per heavy atom. The van der Waals surface area contributed by atoms with Crippen molar-refractivity contribution < 1.29 is 14.1 Å². The SMILES string of the molecule is O=C(c1ccc(SCc2ccccc2F)c([N+](=O)[O-])c1)N1CCCC1. The number of benzene rings is 2. The number of likely N-dealkylation sites (tertiary alicyclic amines) is 1. The van der Waals surface area contributed by atoms with Gasteiger partial charge in [0.25, 0.3) is 11.6 Å². The summed E-state index contributed by atoms with van der Waals surface area (Å²) >= 11 is 1.19. The Hall–Kier alpha value is -2.41. The molecule has 3 rings (SSSR count). The second-order valence-electron chi connectivity index (χ2n) is 5.82. The molecule has 1 fully saturated rings. The van der Waals surface area contributed by atoms with Crippen LogP contribution in [0.15, 0.2) is 47.4 Å². The van der Waals surface area contributed by atoms with Gasteiger partial charge in [-0.25, -0.2) is 4.39 Å². The Balaban J connectivity index is 1.81. The van der Waals surface area contributed by atoms with E-state index in [1.165, 1.54) is 23.9 Å². The molecule has 1 heterocycles. The minimum Gasteiger partial charge on any atom is -0.339 e. The number of nitro benzene ring substituents is 1. The number of halogens is 1. The number of carbonyl (C=O) groups excluding carboxylic acids is 1. The summed E-state index contributed by atoms with van der Waals surface area (Å²) in [6.45, 7) is 1.38. The first-order chi connectivity index (χ1) is 12.1. The van der Waals surface area contributed by atoms with E-state index in [0.29, 0.717) is 29.1 Å². The molecule has 1 aliphatic heterocycles. The van der Waals surface area contributed by atoms with Crippen LogP contribution in [0.4, 0.5) is 10.1 Å². The molecule has 7 heteroatoms. The Bertz CT molecular complexity index is 807. The first kappa shape index (κ1) is 17.4. The summed E-state index contributed by atoms with van der Waals surface area (Å²) in [4.78, 5) is 25.4. The maximum atomic E-state index is 13.7. The monoisotopic (exact) mass is 360 g/mol. The van der Waals surface area contributed by atoms with Crippen molar-refractivity contribution in [3.63, 3.8) is 0 Å². The number of hydrogen-bond donors (Lipinski definition) is 0. The quantitative estimate of drug-likeness (QED) is 0.454. The third-order valence-corrected chi connectivity index (χ3v) is 5.25. The van der Waals surface area contributed by atoms with Crippen molar-refractivity contribution in [3.05, 3.63) is 69.5 Å². The van der Waals surface area contributed by atoms with Gasteiger partial charge in [0.15, 0.2) is 0 Å². The van der Waals surface area contributed by atoms with Gasteiger partial charge in [-0.1, -0.05) is 18.2 Å². The van der Waals surface area contributed by atoms with E-state index in [1.807, 2.05) is 0 Å². The summed E-state index contributed by atoms with van der Waals surface area (Å²) in [6.07, 6.45) is 1.93. The number of carbonyl (C=O) groups is 1. The number of nitro groups is 1. The summed E-state index contributed by atoms with van der Waals surface area (Å²) in [5, 5.41) is 11.4. The van der Waals surface area contributed by atoms with E-state index in [-0.39, 0.29) is 23.2 Å². The largest absolute Gasteiger partial charge is 0.339 e. The highest BCUT2D eigenvalue weighted by Gasteiger charge is 2.23. The highest BCUT2D eigenvalue weighted by Crippen LogP contribution is 2.33. The lowest BCUT2D eigenvalue weighted by Gasteiger charge is -2.15. The fourth-order valence-corrected chi connectivity index (χ4v) is 3.78. The van der Waals surface area contributed by atoms with Crippen molar-refractivity contribution in [2.75, 3.05) is 13.1 Å². The van der Waals surface area contributed by atoms with Crippen molar-refractivity contribution in [2.24, 2.45) is 0 Å². The lowest BCUT2D eigenvalue weighted by Crippen LogP contribution is -2.27. The molecule has 0 atom stereocenters. The Labute approximate surface area is 149 Å². The van der Waals surface area contributed by atoms with Crippen molar-refractivity contribution in [1.82, 2.24) is 4.90 Å². The van der Waals surface area contributed by atoms with Crippen LogP contribution in [0.2, 0.25) is 0 Å². The van der Waals surface area contributed by atoms with E-state index >= 15 is 0 Å². The van der Waals surface area contributed by atoms with E-state index < -0.39 is 4.92 Å². The van der Waals surface area contributed by atoms with E-state index in [9.17, 15) is 19.3 Å². The molecule has 0 saturated carbocycles. The van der Waals surface area contributed by atoms with E-state index in [1.54, 1.807) is 35.2 Å². The van der Waals surface area contributed by atoms with Gasteiger partial charge in [0.2, 0.25) is 0 Å². The van der Waals surface area contributed by atoms with Crippen molar-refractivity contribution in [1.29, 1.82) is 0 Å². The molecule has 0 unspecified atom stereocenters. The minimum atomic E-state index is -0.496. The van der Waals surface area contributed by atoms with Crippen LogP contribution in [-0.2, 0) is 5.75 Å². The summed E-state index contributed by atoms with van der Waals surface area (Å²) in [7, 11) is 0. The fourth-order valence-electron chi connectivity index (χ4n) is 2.79. The van der Waals surface area contributed by atoms with Gasteiger partial charge in [-0.3, -0.25) is 14.9 Å². The Morgan fingerprint density at radius 1 is 1.20 bits per heavy atom. The first-order valence-corrected chi connectivity index (χ1v) is 8.99. The molecular formula is C18H17FN2O3S. The molecule has 0 aliphatic carbocycles. The van der Waals surface area contributed by atoms with Crippen LogP contribution in [0.5, 0.6) is 0 Å². The van der Waals surface area contributed by atoms with E-state index in [2.05, 4.69) is 0 Å². The lowest BCUT2D eigenvalue weighted by atomic mass is 10.2. The van der Waals surface area contributed by atoms with Gasteiger partial charge in [0.1, 0.15) is 5.82 Å². The van der Waals surface area contributed by atoms with E-state index in [0.717, 1.165) is 12.8 Å². The average molecular weight is 360 g/mol. The molecule has 2 aromatic carbocycles. The number of hydrogen-bond acceptors (Lipinski definition) is 4. The Morgan fingerprint density at radius 2 is 1.92 bits per heavy atom. The third-order valence-electron chi connectivity index (χ3n) is 4.14. The van der Waals surface area contributed by atoms with Gasteiger partial charge >= 0.3 is 0 Å². The van der Waals surface area contributed by atoms with Crippen LogP contribution in [0.25, 0.3) is 0 Å². The second-order valence-corrected chi connectivity index (χ2v) is 6.84. The predicted octanol–water partition coefficient (Wildman–Crippen LogP) is 4.26. The van der Waals surface area contributed by atoms with Crippen LogP contribution >= 0.6 is 11.8 Å². The van der Waals surface area contributed by atoms with Gasteiger partial charge in [0.05, 0.1) is 9.82 Å². The number of thioether (sulfide) groups is 1. The van der Waals surface area contributed by atoms with Crippen LogP contribution < -0.4 is 0 Å². The van der Waals surface area contributed by atoms with Gasteiger partial charge in [-0.2, -0.15) is 0 Å². The maximum absolute atomic E-state index is 13.7. The predicted molar refractivity (Wildman–Crippen MR) is 94.2 cm³/mol. The van der Waals surface area contributed by atoms with Crippen LogP contribution in [0.1, 0.15) is 28.8 Å². The lowest BCUT2D eigenvalue weighted by molar-refractivity contribution is -0.387. The highest BCUT2D eigenvalue weighted by atomic mass is 32.2. The molecule has 0 spiro atoms. The van der Waals surface area contributed by atoms with Gasteiger partial charge < -0.3 is 4.90 Å². The number of rotatable bonds is 5. The summed E-state index contributed by atoms with van der Waals surface area (Å²) in [5.41, 5.74) is 0.689. The minimum absolute atomic E-state index is 0.119. The van der Waals surface area contributed by atoms with Crippen LogP contribution in [0, 0.1) is 15.9 Å². The summed E-state index contributed by atoms with van der Waals surface area (Å²) in [6, 6.07) is 10.9. The average Bonchev–Trinajstić information content (AvgIpc) is 3.15. The summed E-state index contributed by atoms with van der Waals surface area (Å²) in [5.74, 6) is -0.225. The molecule has 25 heavy (non-hydrogen) atoms. The molecule has 1 aliphatic rings. The second kappa shape index (κ2) is 7.65. The molecule has 0 aromatic heterocycles. The molecule has 1 saturated heterocycles. The molecule has 0 bridgehead atoms. The van der Waals surface area contributed by atoms with Crippen molar-refractivity contribution >= 4 is 23.4 Å². The molecule has 2 aromatic rings. The molecule has 130 valence electrons. The third kappa shape index (κ3) is 3.99. The van der Waals surface area contributed by atoms with E-state index in [4.69, 9.17) is 0 Å². The normalized spacial score (nSPS) is 13.9. The van der Waals surface area contributed by atoms with Gasteiger partial charge in [-0.15, -0.1) is 11.8 Å². The van der Waals surface area contributed by atoms with Crippen molar-refractivity contribution in [3.8, 4) is 0 Å². The number of nitrogens with zero attached hydrogens (tertiary/aromatic N) is 2. The zero-order valence-corrected chi connectivity index (χ0v) is 14.3. The smallest absolute Gasteiger partial charge is 0.283 e. The molecule has 0 radical (unpaired) electrons.